The fourth-order valence-electron chi connectivity index (χ4n) is 4.05. The van der Waals surface area contributed by atoms with Crippen LogP contribution >= 0.6 is 0 Å². The lowest BCUT2D eigenvalue weighted by Gasteiger charge is -2.37. The predicted molar refractivity (Wildman–Crippen MR) is 125 cm³/mol. The Morgan fingerprint density at radius 1 is 1.18 bits per heavy atom. The summed E-state index contributed by atoms with van der Waals surface area (Å²) in [6.07, 6.45) is 1.47. The van der Waals surface area contributed by atoms with E-state index in [9.17, 15) is 14.4 Å². The van der Waals surface area contributed by atoms with Gasteiger partial charge in [-0.25, -0.2) is 4.79 Å². The number of carbonyl (C=O) groups is 3. The molecule has 10 heteroatoms. The number of H-pyrrole nitrogens is 1. The van der Waals surface area contributed by atoms with E-state index in [0.717, 1.165) is 0 Å². The molecule has 0 spiro atoms. The number of aromatic nitrogens is 1. The maximum absolute atomic E-state index is 13.2. The molecule has 2 amide bonds. The van der Waals surface area contributed by atoms with Crippen molar-refractivity contribution >= 4 is 34.4 Å². The van der Waals surface area contributed by atoms with Crippen molar-refractivity contribution in [1.29, 1.82) is 0 Å². The number of nitrogens with one attached hydrogen (secondary N) is 2. The molecule has 1 aromatic carbocycles. The number of furan rings is 1. The monoisotopic (exact) mass is 468 g/mol. The number of carbonyl (C=O) groups excluding carboxylic acids is 3. The molecule has 1 atom stereocenters. The fourth-order valence-corrected chi connectivity index (χ4v) is 4.05. The highest BCUT2D eigenvalue weighted by atomic mass is 16.5. The van der Waals surface area contributed by atoms with Crippen LogP contribution in [0.3, 0.4) is 0 Å². The SMILES string of the molecule is CCOC(=O)c1[nH]c2ccc(OC)cc2c1NC(=O)[C@@H](C)N1CCN(C(=O)c2ccco2)CC1. The molecule has 180 valence electrons. The summed E-state index contributed by atoms with van der Waals surface area (Å²) in [4.78, 5) is 45.0. The van der Waals surface area contributed by atoms with Crippen LogP contribution in [0, 0.1) is 0 Å². The molecule has 0 aliphatic carbocycles. The Balaban J connectivity index is 1.48. The molecule has 1 saturated heterocycles. The van der Waals surface area contributed by atoms with Crippen LogP contribution in [0.25, 0.3) is 10.9 Å². The Morgan fingerprint density at radius 2 is 1.94 bits per heavy atom. The molecular formula is C24H28N4O6. The van der Waals surface area contributed by atoms with Gasteiger partial charge in [0.05, 0.1) is 31.7 Å². The quantitative estimate of drug-likeness (QED) is 0.512. The molecule has 1 aliphatic rings. The van der Waals surface area contributed by atoms with Crippen LogP contribution in [0.15, 0.2) is 41.0 Å². The molecular weight excluding hydrogens is 440 g/mol. The molecule has 0 saturated carbocycles. The van der Waals surface area contributed by atoms with Gasteiger partial charge in [-0.1, -0.05) is 0 Å². The molecule has 34 heavy (non-hydrogen) atoms. The minimum atomic E-state index is -0.550. The largest absolute Gasteiger partial charge is 0.497 e. The number of methoxy groups -OCH3 is 1. The lowest BCUT2D eigenvalue weighted by atomic mass is 10.1. The average Bonchev–Trinajstić information content (AvgIpc) is 3.52. The van der Waals surface area contributed by atoms with E-state index in [2.05, 4.69) is 10.3 Å². The molecule has 0 bridgehead atoms. The molecule has 2 N–H and O–H groups in total. The van der Waals surface area contributed by atoms with Crippen LogP contribution in [0.1, 0.15) is 34.9 Å². The lowest BCUT2D eigenvalue weighted by Crippen LogP contribution is -2.54. The Labute approximate surface area is 196 Å². The van der Waals surface area contributed by atoms with E-state index < -0.39 is 12.0 Å². The number of aromatic amines is 1. The number of fused-ring (bicyclic) bond motifs is 1. The Morgan fingerprint density at radius 3 is 2.59 bits per heavy atom. The van der Waals surface area contributed by atoms with Gasteiger partial charge in [-0.3, -0.25) is 14.5 Å². The summed E-state index contributed by atoms with van der Waals surface area (Å²) in [7, 11) is 1.55. The number of amides is 2. The summed E-state index contributed by atoms with van der Waals surface area (Å²) in [6, 6.07) is 8.15. The van der Waals surface area contributed by atoms with E-state index in [-0.39, 0.29) is 24.1 Å². The second-order valence-corrected chi connectivity index (χ2v) is 7.98. The summed E-state index contributed by atoms with van der Waals surface area (Å²) < 4.78 is 15.7. The average molecular weight is 469 g/mol. The van der Waals surface area contributed by atoms with Gasteiger partial charge in [0.25, 0.3) is 5.91 Å². The number of piperazine rings is 1. The molecule has 2 aromatic heterocycles. The van der Waals surface area contributed by atoms with Gasteiger partial charge < -0.3 is 29.1 Å². The maximum Gasteiger partial charge on any atom is 0.356 e. The summed E-state index contributed by atoms with van der Waals surface area (Å²) in [5.41, 5.74) is 1.22. The van der Waals surface area contributed by atoms with E-state index in [4.69, 9.17) is 13.9 Å². The van der Waals surface area contributed by atoms with Crippen molar-refractivity contribution in [2.45, 2.75) is 19.9 Å². The lowest BCUT2D eigenvalue weighted by molar-refractivity contribution is -0.121. The summed E-state index contributed by atoms with van der Waals surface area (Å²) in [5, 5.41) is 3.56. The molecule has 3 heterocycles. The standard InChI is InChI=1S/C24H28N4O6/c1-4-33-24(31)21-20(17-14-16(32-3)7-8-18(17)25-21)26-22(29)15(2)27-9-11-28(12-10-27)23(30)19-6-5-13-34-19/h5-8,13-15,25H,4,9-12H2,1-3H3,(H,26,29)/t15-/m1/s1. The zero-order valence-corrected chi connectivity index (χ0v) is 19.4. The maximum atomic E-state index is 13.2. The van der Waals surface area contributed by atoms with Crippen molar-refractivity contribution in [2.75, 3.05) is 45.2 Å². The van der Waals surface area contributed by atoms with Gasteiger partial charge in [0.1, 0.15) is 11.4 Å². The molecule has 10 nitrogen and oxygen atoms in total. The van der Waals surface area contributed by atoms with Crippen LogP contribution in [0.2, 0.25) is 0 Å². The van der Waals surface area contributed by atoms with Crippen molar-refractivity contribution in [3.63, 3.8) is 0 Å². The fraction of sp³-hybridized carbons (Fsp3) is 0.375. The second-order valence-electron chi connectivity index (χ2n) is 7.98. The van der Waals surface area contributed by atoms with Gasteiger partial charge in [-0.15, -0.1) is 0 Å². The summed E-state index contributed by atoms with van der Waals surface area (Å²) in [6.45, 7) is 5.77. The van der Waals surface area contributed by atoms with Gasteiger partial charge in [-0.2, -0.15) is 0 Å². The van der Waals surface area contributed by atoms with Crippen molar-refractivity contribution in [2.24, 2.45) is 0 Å². The van der Waals surface area contributed by atoms with Crippen molar-refractivity contribution in [1.82, 2.24) is 14.8 Å². The zero-order chi connectivity index (χ0) is 24.2. The van der Waals surface area contributed by atoms with Crippen LogP contribution in [0.4, 0.5) is 5.69 Å². The van der Waals surface area contributed by atoms with Crippen LogP contribution in [0.5, 0.6) is 5.75 Å². The van der Waals surface area contributed by atoms with Crippen molar-refractivity contribution < 1.29 is 28.3 Å². The first kappa shape index (κ1) is 23.4. The van der Waals surface area contributed by atoms with Gasteiger partial charge in [0, 0.05) is 37.1 Å². The normalized spacial score (nSPS) is 15.2. The topological polar surface area (TPSA) is 117 Å². The Hall–Kier alpha value is -3.79. The van der Waals surface area contributed by atoms with E-state index >= 15 is 0 Å². The minimum absolute atomic E-state index is 0.159. The third-order valence-electron chi connectivity index (χ3n) is 5.99. The van der Waals surface area contributed by atoms with E-state index in [1.807, 2.05) is 4.90 Å². The zero-order valence-electron chi connectivity index (χ0n) is 19.4. The number of rotatable bonds is 7. The third kappa shape index (κ3) is 4.62. The first-order valence-corrected chi connectivity index (χ1v) is 11.2. The molecule has 0 radical (unpaired) electrons. The van der Waals surface area contributed by atoms with Crippen LogP contribution in [-0.2, 0) is 9.53 Å². The number of ether oxygens (including phenoxy) is 2. The highest BCUT2D eigenvalue weighted by molar-refractivity contribution is 6.12. The molecule has 1 fully saturated rings. The highest BCUT2D eigenvalue weighted by Gasteiger charge is 2.30. The van der Waals surface area contributed by atoms with E-state index in [0.29, 0.717) is 54.3 Å². The van der Waals surface area contributed by atoms with Crippen LogP contribution < -0.4 is 10.1 Å². The summed E-state index contributed by atoms with van der Waals surface area (Å²) in [5.74, 6) is -0.0670. The molecule has 4 rings (SSSR count). The smallest absolute Gasteiger partial charge is 0.356 e. The van der Waals surface area contributed by atoms with Gasteiger partial charge in [0.2, 0.25) is 5.91 Å². The number of esters is 1. The number of hydrogen-bond acceptors (Lipinski definition) is 7. The number of hydrogen-bond donors (Lipinski definition) is 2. The summed E-state index contributed by atoms with van der Waals surface area (Å²) >= 11 is 0. The van der Waals surface area contributed by atoms with Crippen molar-refractivity contribution in [3.8, 4) is 5.75 Å². The Kier molecular flexibility index (Phi) is 6.87. The Bertz CT molecular complexity index is 1180. The van der Waals surface area contributed by atoms with Gasteiger partial charge in [0.15, 0.2) is 5.76 Å². The van der Waals surface area contributed by atoms with Crippen LogP contribution in [-0.4, -0.2) is 78.5 Å². The third-order valence-corrected chi connectivity index (χ3v) is 5.99. The molecule has 1 aliphatic heterocycles. The molecule has 3 aromatic rings. The van der Waals surface area contributed by atoms with Gasteiger partial charge >= 0.3 is 5.97 Å². The van der Waals surface area contributed by atoms with Crippen molar-refractivity contribution in [3.05, 3.63) is 48.0 Å². The second kappa shape index (κ2) is 10.0. The van der Waals surface area contributed by atoms with E-state index in [1.165, 1.54) is 6.26 Å². The number of anilines is 1. The number of nitrogens with zero attached hydrogens (tertiary/aromatic N) is 2. The number of benzene rings is 1. The van der Waals surface area contributed by atoms with Gasteiger partial charge in [-0.05, 0) is 44.2 Å². The first-order chi connectivity index (χ1) is 16.4. The minimum Gasteiger partial charge on any atom is -0.497 e. The highest BCUT2D eigenvalue weighted by Crippen LogP contribution is 2.32. The first-order valence-electron chi connectivity index (χ1n) is 11.2. The molecule has 0 unspecified atom stereocenters. The predicted octanol–water partition coefficient (Wildman–Crippen LogP) is 2.73. The van der Waals surface area contributed by atoms with E-state index in [1.54, 1.807) is 56.2 Å².